The maximum atomic E-state index is 5.35. The summed E-state index contributed by atoms with van der Waals surface area (Å²) in [5.74, 6) is 1.66. The highest BCUT2D eigenvalue weighted by Crippen LogP contribution is 2.28. The summed E-state index contributed by atoms with van der Waals surface area (Å²) in [6.45, 7) is 3.12. The van der Waals surface area contributed by atoms with Crippen LogP contribution in [0.1, 0.15) is 12.8 Å². The van der Waals surface area contributed by atoms with Gasteiger partial charge in [-0.05, 0) is 18.8 Å². The van der Waals surface area contributed by atoms with E-state index in [2.05, 4.69) is 12.6 Å². The normalized spacial score (nSPS) is 17.2. The summed E-state index contributed by atoms with van der Waals surface area (Å²) in [6, 6.07) is 0. The van der Waals surface area contributed by atoms with Crippen molar-refractivity contribution in [3.8, 4) is 0 Å². The van der Waals surface area contributed by atoms with Gasteiger partial charge >= 0.3 is 0 Å². The van der Waals surface area contributed by atoms with Gasteiger partial charge in [0.05, 0.1) is 19.8 Å². The van der Waals surface area contributed by atoms with Crippen LogP contribution in [-0.2, 0) is 9.47 Å². The van der Waals surface area contributed by atoms with E-state index in [1.165, 1.54) is 12.8 Å². The SMILES string of the molecule is SCCOCCOCC1CC1. The number of rotatable bonds is 7. The first-order valence-electron chi connectivity index (χ1n) is 4.20. The second-order valence-electron chi connectivity index (χ2n) is 2.85. The minimum Gasteiger partial charge on any atom is -0.379 e. The molecular formula is C8H16O2S. The minimum absolute atomic E-state index is 0.716. The van der Waals surface area contributed by atoms with Crippen LogP contribution in [-0.4, -0.2) is 32.2 Å². The molecule has 1 aliphatic carbocycles. The van der Waals surface area contributed by atoms with Crippen molar-refractivity contribution >= 4 is 12.6 Å². The van der Waals surface area contributed by atoms with Gasteiger partial charge in [-0.25, -0.2) is 0 Å². The summed E-state index contributed by atoms with van der Waals surface area (Å²) in [7, 11) is 0. The Balaban J connectivity index is 1.66. The lowest BCUT2D eigenvalue weighted by molar-refractivity contribution is 0.0495. The predicted octanol–water partition coefficient (Wildman–Crippen LogP) is 1.36. The van der Waals surface area contributed by atoms with Crippen molar-refractivity contribution in [3.63, 3.8) is 0 Å². The zero-order chi connectivity index (χ0) is 7.94. The van der Waals surface area contributed by atoms with E-state index in [1.54, 1.807) is 0 Å². The van der Waals surface area contributed by atoms with Crippen LogP contribution in [0.15, 0.2) is 0 Å². The molecule has 0 aromatic heterocycles. The van der Waals surface area contributed by atoms with Crippen LogP contribution in [0.4, 0.5) is 0 Å². The van der Waals surface area contributed by atoms with Gasteiger partial charge in [-0.1, -0.05) is 0 Å². The highest BCUT2D eigenvalue weighted by molar-refractivity contribution is 7.80. The lowest BCUT2D eigenvalue weighted by Crippen LogP contribution is -2.07. The van der Waals surface area contributed by atoms with E-state index in [0.29, 0.717) is 6.61 Å². The first-order chi connectivity index (χ1) is 5.43. The summed E-state index contributed by atoms with van der Waals surface area (Å²) in [6.07, 6.45) is 2.72. The standard InChI is InChI=1S/C8H16O2S/c11-6-5-9-3-4-10-7-8-1-2-8/h8,11H,1-7H2. The third kappa shape index (κ3) is 5.53. The summed E-state index contributed by atoms with van der Waals surface area (Å²) in [5, 5.41) is 0. The fourth-order valence-corrected chi connectivity index (χ4v) is 0.948. The van der Waals surface area contributed by atoms with Gasteiger partial charge in [-0.2, -0.15) is 12.6 Å². The van der Waals surface area contributed by atoms with Crippen molar-refractivity contribution in [2.24, 2.45) is 5.92 Å². The van der Waals surface area contributed by atoms with Crippen molar-refractivity contribution in [3.05, 3.63) is 0 Å². The van der Waals surface area contributed by atoms with E-state index in [1.807, 2.05) is 0 Å². The molecule has 0 aliphatic heterocycles. The van der Waals surface area contributed by atoms with E-state index in [4.69, 9.17) is 9.47 Å². The highest BCUT2D eigenvalue weighted by atomic mass is 32.1. The molecule has 0 N–H and O–H groups in total. The second-order valence-corrected chi connectivity index (χ2v) is 3.30. The molecule has 0 unspecified atom stereocenters. The number of ether oxygens (including phenoxy) is 2. The molecule has 0 heterocycles. The molecule has 1 rings (SSSR count). The van der Waals surface area contributed by atoms with Gasteiger partial charge in [0.25, 0.3) is 0 Å². The van der Waals surface area contributed by atoms with E-state index in [0.717, 1.165) is 31.5 Å². The van der Waals surface area contributed by atoms with Gasteiger partial charge in [0.2, 0.25) is 0 Å². The highest BCUT2D eigenvalue weighted by Gasteiger charge is 2.20. The average Bonchev–Trinajstić information content (AvgIpc) is 2.80. The maximum absolute atomic E-state index is 5.35. The van der Waals surface area contributed by atoms with Crippen LogP contribution in [0.5, 0.6) is 0 Å². The molecule has 11 heavy (non-hydrogen) atoms. The monoisotopic (exact) mass is 176 g/mol. The smallest absolute Gasteiger partial charge is 0.0700 e. The zero-order valence-electron chi connectivity index (χ0n) is 6.79. The molecule has 0 radical (unpaired) electrons. The van der Waals surface area contributed by atoms with Crippen LogP contribution < -0.4 is 0 Å². The van der Waals surface area contributed by atoms with E-state index in [9.17, 15) is 0 Å². The lowest BCUT2D eigenvalue weighted by Gasteiger charge is -2.02. The molecule has 1 aliphatic rings. The van der Waals surface area contributed by atoms with Gasteiger partial charge in [0.1, 0.15) is 0 Å². The van der Waals surface area contributed by atoms with Crippen molar-refractivity contribution in [2.75, 3.05) is 32.2 Å². The van der Waals surface area contributed by atoms with Crippen molar-refractivity contribution in [1.82, 2.24) is 0 Å². The van der Waals surface area contributed by atoms with Gasteiger partial charge in [-0.3, -0.25) is 0 Å². The molecule has 66 valence electrons. The van der Waals surface area contributed by atoms with Crippen molar-refractivity contribution in [1.29, 1.82) is 0 Å². The van der Waals surface area contributed by atoms with E-state index in [-0.39, 0.29) is 0 Å². The van der Waals surface area contributed by atoms with Gasteiger partial charge in [0.15, 0.2) is 0 Å². The Bertz CT molecular complexity index is 94.1. The molecule has 2 nitrogen and oxygen atoms in total. The molecule has 3 heteroatoms. The molecule has 1 fully saturated rings. The first-order valence-corrected chi connectivity index (χ1v) is 4.83. The maximum Gasteiger partial charge on any atom is 0.0700 e. The summed E-state index contributed by atoms with van der Waals surface area (Å²) in [4.78, 5) is 0. The summed E-state index contributed by atoms with van der Waals surface area (Å²) < 4.78 is 10.5. The lowest BCUT2D eigenvalue weighted by atomic mass is 10.5. The minimum atomic E-state index is 0.716. The Labute approximate surface area is 73.7 Å². The fraction of sp³-hybridized carbons (Fsp3) is 1.00. The van der Waals surface area contributed by atoms with Gasteiger partial charge in [-0.15, -0.1) is 0 Å². The predicted molar refractivity (Wildman–Crippen MR) is 48.2 cm³/mol. The van der Waals surface area contributed by atoms with E-state index >= 15 is 0 Å². The third-order valence-corrected chi connectivity index (χ3v) is 1.84. The van der Waals surface area contributed by atoms with Crippen LogP contribution in [0.25, 0.3) is 0 Å². The molecular weight excluding hydrogens is 160 g/mol. The molecule has 0 bridgehead atoms. The summed E-state index contributed by atoms with van der Waals surface area (Å²) >= 11 is 4.02. The largest absolute Gasteiger partial charge is 0.379 e. The van der Waals surface area contributed by atoms with E-state index < -0.39 is 0 Å². The molecule has 0 spiro atoms. The fourth-order valence-electron chi connectivity index (χ4n) is 0.819. The Morgan fingerprint density at radius 2 is 1.82 bits per heavy atom. The van der Waals surface area contributed by atoms with Crippen LogP contribution in [0.2, 0.25) is 0 Å². The van der Waals surface area contributed by atoms with Gasteiger partial charge in [0, 0.05) is 12.4 Å². The Morgan fingerprint density at radius 3 is 2.45 bits per heavy atom. The molecule has 0 saturated heterocycles. The van der Waals surface area contributed by atoms with Crippen LogP contribution in [0, 0.1) is 5.92 Å². The average molecular weight is 176 g/mol. The number of thiol groups is 1. The molecule has 0 atom stereocenters. The third-order valence-electron chi connectivity index (χ3n) is 1.66. The van der Waals surface area contributed by atoms with Gasteiger partial charge < -0.3 is 9.47 Å². The molecule has 0 aromatic carbocycles. The second kappa shape index (κ2) is 5.86. The quantitative estimate of drug-likeness (QED) is 0.466. The summed E-state index contributed by atoms with van der Waals surface area (Å²) in [5.41, 5.74) is 0. The van der Waals surface area contributed by atoms with Crippen LogP contribution in [0.3, 0.4) is 0 Å². The molecule has 0 aromatic rings. The Kier molecular flexibility index (Phi) is 4.99. The van der Waals surface area contributed by atoms with Crippen molar-refractivity contribution < 1.29 is 9.47 Å². The Hall–Kier alpha value is 0.270. The molecule has 1 saturated carbocycles. The van der Waals surface area contributed by atoms with Crippen LogP contribution >= 0.6 is 12.6 Å². The zero-order valence-corrected chi connectivity index (χ0v) is 7.69. The Morgan fingerprint density at radius 1 is 1.09 bits per heavy atom. The topological polar surface area (TPSA) is 18.5 Å². The number of hydrogen-bond acceptors (Lipinski definition) is 3. The van der Waals surface area contributed by atoms with Crippen molar-refractivity contribution in [2.45, 2.75) is 12.8 Å². The first kappa shape index (κ1) is 9.36. The molecule has 0 amide bonds. The number of hydrogen-bond donors (Lipinski definition) is 1.